The Hall–Kier alpha value is -0.920. The first kappa shape index (κ1) is 16.1. The molecule has 0 aliphatic heterocycles. The number of ether oxygens (including phenoxy) is 1. The van der Waals surface area contributed by atoms with E-state index in [4.69, 9.17) is 4.74 Å². The third kappa shape index (κ3) is 4.59. The first-order chi connectivity index (χ1) is 8.99. The number of methoxy groups -OCH3 is 1. The number of anilines is 1. The number of likely N-dealkylation sites (N-methyl/N-ethyl adjacent to an activating group) is 1. The molecule has 0 atom stereocenters. The summed E-state index contributed by atoms with van der Waals surface area (Å²) in [7, 11) is 1.29. The molecule has 0 saturated heterocycles. The highest BCUT2D eigenvalue weighted by molar-refractivity contribution is 9.11. The number of hydrogen-bond acceptors (Lipinski definition) is 4. The quantitative estimate of drug-likeness (QED) is 0.754. The first-order valence-electron chi connectivity index (χ1n) is 5.57. The number of carbonyl (C=O) groups excluding carboxylic acids is 2. The second kappa shape index (κ2) is 7.62. The minimum Gasteiger partial charge on any atom is -0.465 e. The van der Waals surface area contributed by atoms with Gasteiger partial charge in [-0.2, -0.15) is 0 Å². The molecule has 2 N–H and O–H groups in total. The molecule has 0 unspecified atom stereocenters. The van der Waals surface area contributed by atoms with Crippen LogP contribution in [0, 0.1) is 0 Å². The van der Waals surface area contributed by atoms with Gasteiger partial charge in [-0.1, -0.05) is 22.9 Å². The highest BCUT2D eigenvalue weighted by atomic mass is 79.9. The zero-order chi connectivity index (χ0) is 14.4. The van der Waals surface area contributed by atoms with Crippen molar-refractivity contribution >= 4 is 49.4 Å². The minimum atomic E-state index is -0.513. The zero-order valence-corrected chi connectivity index (χ0v) is 13.7. The number of benzene rings is 1. The molecule has 7 heteroatoms. The lowest BCUT2D eigenvalue weighted by atomic mass is 10.2. The molecule has 104 valence electrons. The smallest absolute Gasteiger partial charge is 0.340 e. The van der Waals surface area contributed by atoms with Crippen molar-refractivity contribution in [2.75, 3.05) is 25.5 Å². The number of rotatable bonds is 5. The highest BCUT2D eigenvalue weighted by Gasteiger charge is 2.17. The SMILES string of the molecule is CCNCC(=O)Nc1c(Br)cc(Br)cc1C(=O)OC. The summed E-state index contributed by atoms with van der Waals surface area (Å²) in [6.07, 6.45) is 0. The van der Waals surface area contributed by atoms with Crippen LogP contribution in [-0.4, -0.2) is 32.1 Å². The van der Waals surface area contributed by atoms with Gasteiger partial charge in [0, 0.05) is 8.95 Å². The largest absolute Gasteiger partial charge is 0.465 e. The summed E-state index contributed by atoms with van der Waals surface area (Å²) >= 11 is 6.61. The van der Waals surface area contributed by atoms with Gasteiger partial charge in [0.15, 0.2) is 0 Å². The third-order valence-corrected chi connectivity index (χ3v) is 3.34. The molecule has 0 radical (unpaired) electrons. The molecule has 0 fully saturated rings. The molecule has 0 spiro atoms. The Labute approximate surface area is 128 Å². The lowest BCUT2D eigenvalue weighted by molar-refractivity contribution is -0.115. The van der Waals surface area contributed by atoms with Crippen LogP contribution in [0.1, 0.15) is 17.3 Å². The van der Waals surface area contributed by atoms with Gasteiger partial charge in [-0.05, 0) is 34.6 Å². The lowest BCUT2D eigenvalue weighted by Crippen LogP contribution is -2.28. The fourth-order valence-electron chi connectivity index (χ4n) is 1.39. The molecule has 0 aromatic heterocycles. The van der Waals surface area contributed by atoms with Crippen LogP contribution in [0.2, 0.25) is 0 Å². The number of esters is 1. The Balaban J connectivity index is 3.04. The van der Waals surface area contributed by atoms with Gasteiger partial charge in [0.2, 0.25) is 5.91 Å². The monoisotopic (exact) mass is 392 g/mol. The van der Waals surface area contributed by atoms with Crippen LogP contribution >= 0.6 is 31.9 Å². The fraction of sp³-hybridized carbons (Fsp3) is 0.333. The summed E-state index contributed by atoms with van der Waals surface area (Å²) in [5, 5.41) is 5.60. The van der Waals surface area contributed by atoms with Crippen LogP contribution in [-0.2, 0) is 9.53 Å². The number of halogens is 2. The van der Waals surface area contributed by atoms with Crippen LogP contribution < -0.4 is 10.6 Å². The van der Waals surface area contributed by atoms with E-state index < -0.39 is 5.97 Å². The maximum atomic E-state index is 11.7. The second-order valence-corrected chi connectivity index (χ2v) is 5.40. The molecular weight excluding hydrogens is 380 g/mol. The summed E-state index contributed by atoms with van der Waals surface area (Å²) in [4.78, 5) is 23.4. The van der Waals surface area contributed by atoms with Crippen molar-refractivity contribution in [1.29, 1.82) is 0 Å². The molecule has 0 bridgehead atoms. The van der Waals surface area contributed by atoms with Crippen LogP contribution in [0.15, 0.2) is 21.1 Å². The lowest BCUT2D eigenvalue weighted by Gasteiger charge is -2.12. The van der Waals surface area contributed by atoms with Gasteiger partial charge in [0.1, 0.15) is 0 Å². The van der Waals surface area contributed by atoms with Crippen molar-refractivity contribution in [2.24, 2.45) is 0 Å². The van der Waals surface area contributed by atoms with E-state index in [1.54, 1.807) is 12.1 Å². The maximum absolute atomic E-state index is 11.7. The fourth-order valence-corrected chi connectivity index (χ4v) is 2.72. The van der Waals surface area contributed by atoms with Gasteiger partial charge in [0.05, 0.1) is 24.9 Å². The Morgan fingerprint density at radius 1 is 1.32 bits per heavy atom. The first-order valence-corrected chi connectivity index (χ1v) is 7.16. The van der Waals surface area contributed by atoms with E-state index in [0.29, 0.717) is 21.2 Å². The van der Waals surface area contributed by atoms with Crippen molar-refractivity contribution in [2.45, 2.75) is 6.92 Å². The summed E-state index contributed by atoms with van der Waals surface area (Å²) in [6.45, 7) is 2.78. The van der Waals surface area contributed by atoms with Crippen molar-refractivity contribution in [3.05, 3.63) is 26.6 Å². The molecule has 0 saturated carbocycles. The van der Waals surface area contributed by atoms with Crippen molar-refractivity contribution in [3.63, 3.8) is 0 Å². The van der Waals surface area contributed by atoms with Gasteiger partial charge in [-0.25, -0.2) is 4.79 Å². The summed E-state index contributed by atoms with van der Waals surface area (Å²) in [5.74, 6) is -0.740. The van der Waals surface area contributed by atoms with E-state index in [0.717, 1.165) is 0 Å². The molecule has 0 aliphatic carbocycles. The molecule has 1 aromatic rings. The number of hydrogen-bond donors (Lipinski definition) is 2. The van der Waals surface area contributed by atoms with E-state index in [9.17, 15) is 9.59 Å². The number of amides is 1. The Bertz CT molecular complexity index is 492. The Kier molecular flexibility index (Phi) is 6.47. The van der Waals surface area contributed by atoms with Crippen molar-refractivity contribution in [3.8, 4) is 0 Å². The van der Waals surface area contributed by atoms with Crippen LogP contribution in [0.3, 0.4) is 0 Å². The van der Waals surface area contributed by atoms with E-state index in [1.807, 2.05) is 6.92 Å². The summed E-state index contributed by atoms with van der Waals surface area (Å²) < 4.78 is 6.02. The molecular formula is C12H14Br2N2O3. The minimum absolute atomic E-state index is 0.180. The Morgan fingerprint density at radius 2 is 2.00 bits per heavy atom. The van der Waals surface area contributed by atoms with Gasteiger partial charge < -0.3 is 15.4 Å². The normalized spacial score (nSPS) is 10.1. The zero-order valence-electron chi connectivity index (χ0n) is 10.5. The van der Waals surface area contributed by atoms with Gasteiger partial charge in [0.25, 0.3) is 0 Å². The number of nitrogens with one attached hydrogen (secondary N) is 2. The van der Waals surface area contributed by atoms with Gasteiger partial charge >= 0.3 is 5.97 Å². The summed E-state index contributed by atoms with van der Waals surface area (Å²) in [5.41, 5.74) is 0.687. The molecule has 1 rings (SSSR count). The number of carbonyl (C=O) groups is 2. The molecule has 0 aliphatic rings. The second-order valence-electron chi connectivity index (χ2n) is 3.63. The van der Waals surface area contributed by atoms with Gasteiger partial charge in [-0.15, -0.1) is 0 Å². The average Bonchev–Trinajstić information content (AvgIpc) is 2.38. The van der Waals surface area contributed by atoms with Gasteiger partial charge in [-0.3, -0.25) is 4.79 Å². The third-order valence-electron chi connectivity index (χ3n) is 2.26. The standard InChI is InChI=1S/C12H14Br2N2O3/c1-3-15-6-10(17)16-11-8(12(18)19-2)4-7(13)5-9(11)14/h4-5,15H,3,6H2,1-2H3,(H,16,17). The molecule has 1 aromatic carbocycles. The van der Waals surface area contributed by atoms with Crippen LogP contribution in [0.25, 0.3) is 0 Å². The molecule has 1 amide bonds. The average molecular weight is 394 g/mol. The van der Waals surface area contributed by atoms with Crippen molar-refractivity contribution < 1.29 is 14.3 Å². The molecule has 0 heterocycles. The van der Waals surface area contributed by atoms with E-state index >= 15 is 0 Å². The Morgan fingerprint density at radius 3 is 2.58 bits per heavy atom. The van der Waals surface area contributed by atoms with E-state index in [2.05, 4.69) is 42.5 Å². The summed E-state index contributed by atoms with van der Waals surface area (Å²) in [6, 6.07) is 3.34. The maximum Gasteiger partial charge on any atom is 0.340 e. The van der Waals surface area contributed by atoms with Crippen molar-refractivity contribution in [1.82, 2.24) is 5.32 Å². The topological polar surface area (TPSA) is 67.4 Å². The van der Waals surface area contributed by atoms with Crippen LogP contribution in [0.4, 0.5) is 5.69 Å². The molecule has 19 heavy (non-hydrogen) atoms. The highest BCUT2D eigenvalue weighted by Crippen LogP contribution is 2.31. The predicted octanol–water partition coefficient (Wildman–Crippen LogP) is 2.55. The van der Waals surface area contributed by atoms with E-state index in [-0.39, 0.29) is 18.0 Å². The predicted molar refractivity (Wildman–Crippen MR) is 80.4 cm³/mol. The van der Waals surface area contributed by atoms with Crippen LogP contribution in [0.5, 0.6) is 0 Å². The van der Waals surface area contributed by atoms with E-state index in [1.165, 1.54) is 7.11 Å². The molecule has 5 nitrogen and oxygen atoms in total.